The number of nitrogens with zero attached hydrogens (tertiary/aromatic N) is 4. The van der Waals surface area contributed by atoms with Crippen molar-refractivity contribution in [2.45, 2.75) is 6.54 Å². The summed E-state index contributed by atoms with van der Waals surface area (Å²) >= 11 is 0. The topological polar surface area (TPSA) is 43.2 Å². The van der Waals surface area contributed by atoms with Crippen molar-refractivity contribution in [3.63, 3.8) is 0 Å². The average Bonchev–Trinajstić information content (AvgIpc) is 2.98. The van der Waals surface area contributed by atoms with Gasteiger partial charge in [0.25, 0.3) is 0 Å². The molecule has 5 nitrogen and oxygen atoms in total. The highest BCUT2D eigenvalue weighted by Crippen LogP contribution is 2.52. The molecule has 1 saturated heterocycles. The van der Waals surface area contributed by atoms with Crippen molar-refractivity contribution in [3.05, 3.63) is 54.4 Å². The van der Waals surface area contributed by atoms with Crippen LogP contribution in [0.2, 0.25) is 0 Å². The Morgan fingerprint density at radius 2 is 2.00 bits per heavy atom. The number of halogens is 1. The molecule has 1 aliphatic heterocycles. The second-order valence-electron chi connectivity index (χ2n) is 7.38. The molecule has 2 aliphatic rings. The highest BCUT2D eigenvalue weighted by molar-refractivity contribution is 5.74. The van der Waals surface area contributed by atoms with E-state index in [0.717, 1.165) is 36.5 Å². The van der Waals surface area contributed by atoms with Crippen LogP contribution in [0.4, 0.5) is 4.39 Å². The fraction of sp³-hybridized carbons (Fsp3) is 0.400. The zero-order valence-electron chi connectivity index (χ0n) is 14.7. The molecule has 3 heterocycles. The molecule has 5 rings (SSSR count). The number of benzene rings is 1. The molecule has 1 aromatic carbocycles. The van der Waals surface area contributed by atoms with Crippen molar-refractivity contribution >= 4 is 11.0 Å². The molecule has 2 aromatic heterocycles. The van der Waals surface area contributed by atoms with E-state index < -0.39 is 0 Å². The maximum atomic E-state index is 13.6. The second-order valence-corrected chi connectivity index (χ2v) is 7.38. The maximum Gasteiger partial charge on any atom is 0.165 e. The summed E-state index contributed by atoms with van der Waals surface area (Å²) in [5, 5.41) is 0. The number of pyridine rings is 1. The van der Waals surface area contributed by atoms with E-state index in [2.05, 4.69) is 21.5 Å². The van der Waals surface area contributed by atoms with Crippen molar-refractivity contribution < 1.29 is 9.13 Å². The van der Waals surface area contributed by atoms with Gasteiger partial charge in [-0.3, -0.25) is 9.88 Å². The minimum absolute atomic E-state index is 0.281. The number of para-hydroxylation sites is 1. The fourth-order valence-electron chi connectivity index (χ4n) is 4.30. The van der Waals surface area contributed by atoms with Crippen LogP contribution < -0.4 is 4.74 Å². The first kappa shape index (κ1) is 15.8. The number of aryl methyl sites for hydroxylation is 1. The number of rotatable bonds is 5. The number of piperidine rings is 1. The average molecular weight is 352 g/mol. The lowest BCUT2D eigenvalue weighted by Crippen LogP contribution is -2.26. The van der Waals surface area contributed by atoms with Gasteiger partial charge in [-0.25, -0.2) is 9.37 Å². The molecule has 1 unspecified atom stereocenters. The third-order valence-electron chi connectivity index (χ3n) is 5.86. The zero-order chi connectivity index (χ0) is 17.7. The van der Waals surface area contributed by atoms with Crippen LogP contribution in [-0.2, 0) is 13.6 Å². The fourth-order valence-corrected chi connectivity index (χ4v) is 4.30. The van der Waals surface area contributed by atoms with Gasteiger partial charge in [-0.05, 0) is 30.0 Å². The van der Waals surface area contributed by atoms with Crippen molar-refractivity contribution in [1.29, 1.82) is 0 Å². The van der Waals surface area contributed by atoms with E-state index in [1.807, 2.05) is 12.3 Å². The van der Waals surface area contributed by atoms with Gasteiger partial charge in [-0.2, -0.15) is 0 Å². The lowest BCUT2D eigenvalue weighted by molar-refractivity contribution is 0.222. The Hall–Kier alpha value is -2.47. The summed E-state index contributed by atoms with van der Waals surface area (Å²) < 4.78 is 21.5. The van der Waals surface area contributed by atoms with Gasteiger partial charge in [0, 0.05) is 32.3 Å². The molecule has 1 saturated carbocycles. The second kappa shape index (κ2) is 6.06. The number of aromatic nitrogens is 3. The number of hydrogen-bond donors (Lipinski definition) is 0. The Labute approximate surface area is 151 Å². The first-order valence-corrected chi connectivity index (χ1v) is 9.05. The lowest BCUT2D eigenvalue weighted by Gasteiger charge is -2.19. The van der Waals surface area contributed by atoms with Crippen LogP contribution in [-0.4, -0.2) is 39.1 Å². The Kier molecular flexibility index (Phi) is 3.67. The maximum absolute atomic E-state index is 13.6. The largest absolute Gasteiger partial charge is 0.490 e. The summed E-state index contributed by atoms with van der Waals surface area (Å²) in [5.74, 6) is 3.04. The van der Waals surface area contributed by atoms with Gasteiger partial charge in [-0.1, -0.05) is 12.1 Å². The highest BCUT2D eigenvalue weighted by atomic mass is 19.1. The smallest absolute Gasteiger partial charge is 0.165 e. The van der Waals surface area contributed by atoms with Gasteiger partial charge in [-0.15, -0.1) is 0 Å². The van der Waals surface area contributed by atoms with Crippen LogP contribution >= 0.6 is 0 Å². The zero-order valence-corrected chi connectivity index (χ0v) is 14.7. The molecule has 6 heteroatoms. The third kappa shape index (κ3) is 2.65. The molecular weight excluding hydrogens is 331 g/mol. The number of likely N-dealkylation sites (tertiary alicyclic amines) is 1. The molecule has 3 aromatic rings. The van der Waals surface area contributed by atoms with Gasteiger partial charge in [0.15, 0.2) is 11.6 Å². The van der Waals surface area contributed by atoms with E-state index in [-0.39, 0.29) is 5.82 Å². The van der Waals surface area contributed by atoms with E-state index in [1.165, 1.54) is 6.07 Å². The number of hydrogen-bond acceptors (Lipinski definition) is 4. The predicted molar refractivity (Wildman–Crippen MR) is 96.2 cm³/mol. The van der Waals surface area contributed by atoms with Crippen molar-refractivity contribution in [1.82, 2.24) is 19.4 Å². The van der Waals surface area contributed by atoms with Gasteiger partial charge < -0.3 is 9.30 Å². The number of fused-ring (bicyclic) bond motifs is 2. The molecule has 2 fully saturated rings. The Morgan fingerprint density at radius 3 is 2.77 bits per heavy atom. The molecule has 1 aliphatic carbocycles. The Balaban J connectivity index is 1.18. The van der Waals surface area contributed by atoms with E-state index >= 15 is 0 Å². The van der Waals surface area contributed by atoms with Crippen molar-refractivity contribution in [3.8, 4) is 5.75 Å². The third-order valence-corrected chi connectivity index (χ3v) is 5.86. The SMILES string of the molecule is Cn1c(CN2C[C@@H]3C(COc4ccccc4F)[C@@H]3C2)nc2cnccc21. The van der Waals surface area contributed by atoms with Crippen LogP contribution in [0.3, 0.4) is 0 Å². The van der Waals surface area contributed by atoms with Gasteiger partial charge in [0.1, 0.15) is 11.3 Å². The minimum atomic E-state index is -0.281. The quantitative estimate of drug-likeness (QED) is 0.708. The summed E-state index contributed by atoms with van der Waals surface area (Å²) in [6.45, 7) is 3.61. The first-order chi connectivity index (χ1) is 12.7. The predicted octanol–water partition coefficient (Wildman–Crippen LogP) is 2.86. The molecule has 0 N–H and O–H groups in total. The number of ether oxygens (including phenoxy) is 1. The molecule has 3 atom stereocenters. The van der Waals surface area contributed by atoms with E-state index in [4.69, 9.17) is 9.72 Å². The molecule has 0 amide bonds. The summed E-state index contributed by atoms with van der Waals surface area (Å²) in [7, 11) is 2.06. The summed E-state index contributed by atoms with van der Waals surface area (Å²) in [4.78, 5) is 11.3. The van der Waals surface area contributed by atoms with Crippen molar-refractivity contribution in [2.24, 2.45) is 24.8 Å². The summed E-state index contributed by atoms with van der Waals surface area (Å²) in [6.07, 6.45) is 3.62. The molecule has 0 bridgehead atoms. The first-order valence-electron chi connectivity index (χ1n) is 9.05. The standard InChI is InChI=1S/C20H21FN4O/c1-24-18-6-7-22-8-17(18)23-20(24)11-25-9-13-14(10-25)15(13)12-26-19-5-3-2-4-16(19)21/h2-8,13-15H,9-12H2,1H3/t13-,14+,15?. The number of imidazole rings is 1. The van der Waals surface area contributed by atoms with E-state index in [1.54, 1.807) is 24.4 Å². The molecule has 26 heavy (non-hydrogen) atoms. The molecular formula is C20H21FN4O. The molecule has 134 valence electrons. The Morgan fingerprint density at radius 1 is 1.19 bits per heavy atom. The highest BCUT2D eigenvalue weighted by Gasteiger charge is 2.55. The normalized spacial score (nSPS) is 24.8. The van der Waals surface area contributed by atoms with Crippen LogP contribution in [0.25, 0.3) is 11.0 Å². The summed E-state index contributed by atoms with van der Waals surface area (Å²) in [6, 6.07) is 8.63. The van der Waals surface area contributed by atoms with Crippen LogP contribution in [0.5, 0.6) is 5.75 Å². The molecule has 0 radical (unpaired) electrons. The summed E-state index contributed by atoms with van der Waals surface area (Å²) in [5.41, 5.74) is 2.07. The van der Waals surface area contributed by atoms with Crippen LogP contribution in [0, 0.1) is 23.6 Å². The van der Waals surface area contributed by atoms with Gasteiger partial charge in [0.05, 0.1) is 24.9 Å². The van der Waals surface area contributed by atoms with Gasteiger partial charge in [0.2, 0.25) is 0 Å². The molecule has 0 spiro atoms. The monoisotopic (exact) mass is 352 g/mol. The Bertz CT molecular complexity index is 944. The van der Waals surface area contributed by atoms with E-state index in [9.17, 15) is 4.39 Å². The van der Waals surface area contributed by atoms with E-state index in [0.29, 0.717) is 30.1 Å². The van der Waals surface area contributed by atoms with Crippen LogP contribution in [0.15, 0.2) is 42.7 Å². The lowest BCUT2D eigenvalue weighted by atomic mass is 10.2. The van der Waals surface area contributed by atoms with Crippen molar-refractivity contribution in [2.75, 3.05) is 19.7 Å². The van der Waals surface area contributed by atoms with Gasteiger partial charge >= 0.3 is 0 Å². The van der Waals surface area contributed by atoms with Crippen LogP contribution in [0.1, 0.15) is 5.82 Å². The minimum Gasteiger partial charge on any atom is -0.490 e.